The van der Waals surface area contributed by atoms with Gasteiger partial charge in [-0.05, 0) is 30.9 Å². The number of anilines is 1. The zero-order valence-electron chi connectivity index (χ0n) is 8.54. The first-order chi connectivity index (χ1) is 6.83. The number of hydrogen-bond donors (Lipinski definition) is 1. The molecule has 14 heavy (non-hydrogen) atoms. The average molecular weight is 225 g/mol. The Labute approximate surface area is 94.0 Å². The van der Waals surface area contributed by atoms with Gasteiger partial charge in [-0.25, -0.2) is 0 Å². The molecule has 0 saturated heterocycles. The quantitative estimate of drug-likeness (QED) is 0.771. The Hall–Kier alpha value is -0.280. The highest BCUT2D eigenvalue weighted by atomic mass is 32.2. The van der Waals surface area contributed by atoms with Crippen molar-refractivity contribution in [3.63, 3.8) is 0 Å². The van der Waals surface area contributed by atoms with Gasteiger partial charge >= 0.3 is 0 Å². The fourth-order valence-electron chi connectivity index (χ4n) is 1.55. The summed E-state index contributed by atoms with van der Waals surface area (Å²) >= 11 is 3.82. The van der Waals surface area contributed by atoms with E-state index in [-0.39, 0.29) is 0 Å². The fourth-order valence-corrected chi connectivity index (χ4v) is 3.21. The predicted molar refractivity (Wildman–Crippen MR) is 66.6 cm³/mol. The third kappa shape index (κ3) is 2.04. The van der Waals surface area contributed by atoms with Gasteiger partial charge in [0.15, 0.2) is 0 Å². The molecule has 0 radical (unpaired) electrons. The number of thioether (sulfide) groups is 2. The molecule has 0 spiro atoms. The second-order valence-corrected chi connectivity index (χ2v) is 5.61. The van der Waals surface area contributed by atoms with Crippen LogP contribution in [-0.2, 0) is 0 Å². The van der Waals surface area contributed by atoms with Crippen LogP contribution < -0.4 is 5.32 Å². The zero-order chi connectivity index (χ0) is 9.97. The van der Waals surface area contributed by atoms with Crippen LogP contribution in [0.3, 0.4) is 0 Å². The van der Waals surface area contributed by atoms with Gasteiger partial charge in [-0.3, -0.25) is 0 Å². The van der Waals surface area contributed by atoms with Crippen LogP contribution in [0.15, 0.2) is 28.0 Å². The van der Waals surface area contributed by atoms with Crippen LogP contribution in [0.4, 0.5) is 5.69 Å². The lowest BCUT2D eigenvalue weighted by molar-refractivity contribution is 0.841. The molecule has 1 aliphatic rings. The third-order valence-corrected chi connectivity index (χ3v) is 4.61. The Bertz CT molecular complexity index is 325. The van der Waals surface area contributed by atoms with Crippen LogP contribution >= 0.6 is 23.5 Å². The summed E-state index contributed by atoms with van der Waals surface area (Å²) in [5.74, 6) is 0. The number of hydrogen-bond acceptors (Lipinski definition) is 3. The first kappa shape index (κ1) is 10.2. The molecule has 0 aromatic heterocycles. The minimum atomic E-state index is 0.736. The van der Waals surface area contributed by atoms with Gasteiger partial charge in [0.05, 0.1) is 0 Å². The van der Waals surface area contributed by atoms with Crippen LogP contribution in [0.25, 0.3) is 0 Å². The van der Waals surface area contributed by atoms with Gasteiger partial charge in [-0.2, -0.15) is 0 Å². The van der Waals surface area contributed by atoms with Gasteiger partial charge in [-0.1, -0.05) is 6.92 Å². The Morgan fingerprint density at radius 2 is 2.43 bits per heavy atom. The molecule has 1 unspecified atom stereocenters. The number of fused-ring (bicyclic) bond motifs is 1. The second kappa shape index (κ2) is 4.49. The SMILES string of the molecule is CCC1CNc2ccc(SC)cc2S1. The van der Waals surface area contributed by atoms with Gasteiger partial charge in [0.25, 0.3) is 0 Å². The summed E-state index contributed by atoms with van der Waals surface area (Å²) in [6.07, 6.45) is 3.36. The molecule has 0 saturated carbocycles. The van der Waals surface area contributed by atoms with Crippen molar-refractivity contribution in [2.75, 3.05) is 18.1 Å². The second-order valence-electron chi connectivity index (χ2n) is 3.39. The average Bonchev–Trinajstić information content (AvgIpc) is 2.27. The van der Waals surface area contributed by atoms with Gasteiger partial charge in [-0.15, -0.1) is 23.5 Å². The highest BCUT2D eigenvalue weighted by Crippen LogP contribution is 2.38. The first-order valence-electron chi connectivity index (χ1n) is 4.92. The monoisotopic (exact) mass is 225 g/mol. The summed E-state index contributed by atoms with van der Waals surface area (Å²) in [6, 6.07) is 6.67. The van der Waals surface area contributed by atoms with Crippen molar-refractivity contribution in [3.8, 4) is 0 Å². The highest BCUT2D eigenvalue weighted by molar-refractivity contribution is 8.00. The molecule has 1 heterocycles. The Balaban J connectivity index is 2.25. The number of rotatable bonds is 2. The van der Waals surface area contributed by atoms with Crippen molar-refractivity contribution in [1.29, 1.82) is 0 Å². The van der Waals surface area contributed by atoms with Gasteiger partial charge in [0.2, 0.25) is 0 Å². The molecule has 0 amide bonds. The van der Waals surface area contributed by atoms with Crippen molar-refractivity contribution in [2.24, 2.45) is 0 Å². The van der Waals surface area contributed by atoms with E-state index < -0.39 is 0 Å². The summed E-state index contributed by atoms with van der Waals surface area (Å²) < 4.78 is 0. The van der Waals surface area contributed by atoms with E-state index in [1.54, 1.807) is 0 Å². The van der Waals surface area contributed by atoms with Crippen LogP contribution in [0.2, 0.25) is 0 Å². The summed E-state index contributed by atoms with van der Waals surface area (Å²) in [5.41, 5.74) is 1.30. The summed E-state index contributed by atoms with van der Waals surface area (Å²) in [5, 5.41) is 4.22. The molecule has 1 aliphatic heterocycles. The maximum absolute atomic E-state index is 3.48. The summed E-state index contributed by atoms with van der Waals surface area (Å²) in [7, 11) is 0. The van der Waals surface area contributed by atoms with Crippen molar-refractivity contribution < 1.29 is 0 Å². The molecule has 76 valence electrons. The lowest BCUT2D eigenvalue weighted by atomic mass is 10.2. The topological polar surface area (TPSA) is 12.0 Å². The number of nitrogens with one attached hydrogen (secondary N) is 1. The first-order valence-corrected chi connectivity index (χ1v) is 7.02. The molecule has 1 atom stereocenters. The third-order valence-electron chi connectivity index (χ3n) is 2.46. The highest BCUT2D eigenvalue weighted by Gasteiger charge is 2.17. The van der Waals surface area contributed by atoms with Crippen LogP contribution in [-0.4, -0.2) is 18.1 Å². The van der Waals surface area contributed by atoms with Gasteiger partial charge in [0, 0.05) is 27.3 Å². The Morgan fingerprint density at radius 3 is 3.14 bits per heavy atom. The lowest BCUT2D eigenvalue weighted by Gasteiger charge is -2.24. The van der Waals surface area contributed by atoms with E-state index in [0.717, 1.165) is 11.8 Å². The lowest BCUT2D eigenvalue weighted by Crippen LogP contribution is -2.20. The van der Waals surface area contributed by atoms with Gasteiger partial charge in [0.1, 0.15) is 0 Å². The smallest absolute Gasteiger partial charge is 0.0479 e. The maximum atomic E-state index is 3.48. The molecule has 0 fully saturated rings. The molecular weight excluding hydrogens is 210 g/mol. The van der Waals surface area contributed by atoms with Crippen LogP contribution in [0.5, 0.6) is 0 Å². The normalized spacial score (nSPS) is 20.0. The zero-order valence-corrected chi connectivity index (χ0v) is 10.2. The number of benzene rings is 1. The van der Waals surface area contributed by atoms with E-state index in [1.165, 1.54) is 21.9 Å². The van der Waals surface area contributed by atoms with E-state index in [2.05, 4.69) is 36.7 Å². The molecule has 1 aromatic rings. The largest absolute Gasteiger partial charge is 0.383 e. The molecule has 1 N–H and O–H groups in total. The minimum absolute atomic E-state index is 0.736. The van der Waals surface area contributed by atoms with E-state index in [4.69, 9.17) is 0 Å². The van der Waals surface area contributed by atoms with Crippen molar-refractivity contribution >= 4 is 29.2 Å². The Kier molecular flexibility index (Phi) is 3.29. The van der Waals surface area contributed by atoms with Crippen molar-refractivity contribution in [1.82, 2.24) is 0 Å². The molecule has 0 bridgehead atoms. The van der Waals surface area contributed by atoms with E-state index in [1.807, 2.05) is 23.5 Å². The molecule has 3 heteroatoms. The van der Waals surface area contributed by atoms with E-state index in [9.17, 15) is 0 Å². The molecule has 1 aromatic carbocycles. The van der Waals surface area contributed by atoms with E-state index in [0.29, 0.717) is 0 Å². The minimum Gasteiger partial charge on any atom is -0.383 e. The fraction of sp³-hybridized carbons (Fsp3) is 0.455. The van der Waals surface area contributed by atoms with Gasteiger partial charge < -0.3 is 5.32 Å². The maximum Gasteiger partial charge on any atom is 0.0479 e. The van der Waals surface area contributed by atoms with Crippen LogP contribution in [0, 0.1) is 0 Å². The summed E-state index contributed by atoms with van der Waals surface area (Å²) in [6.45, 7) is 3.36. The standard InChI is InChI=1S/C11H15NS2/c1-3-8-7-12-10-5-4-9(13-2)6-11(10)14-8/h4-6,8,12H,3,7H2,1-2H3. The predicted octanol–water partition coefficient (Wildman–Crippen LogP) is 3.70. The van der Waals surface area contributed by atoms with Crippen LogP contribution in [0.1, 0.15) is 13.3 Å². The Morgan fingerprint density at radius 1 is 1.57 bits per heavy atom. The molecular formula is C11H15NS2. The van der Waals surface area contributed by atoms with Crippen molar-refractivity contribution in [2.45, 2.75) is 28.4 Å². The summed E-state index contributed by atoms with van der Waals surface area (Å²) in [4.78, 5) is 2.77. The molecule has 1 nitrogen and oxygen atoms in total. The molecule has 0 aliphatic carbocycles. The van der Waals surface area contributed by atoms with E-state index >= 15 is 0 Å². The molecule has 2 rings (SSSR count). The van der Waals surface area contributed by atoms with Crippen molar-refractivity contribution in [3.05, 3.63) is 18.2 Å².